The van der Waals surface area contributed by atoms with Crippen molar-refractivity contribution in [2.45, 2.75) is 58.9 Å². The number of nitrogens with zero attached hydrogens (tertiary/aromatic N) is 1. The highest BCUT2D eigenvalue weighted by atomic mass is 16.5. The first-order chi connectivity index (χ1) is 16.6. The number of hydrogen-bond acceptors (Lipinski definition) is 4. The van der Waals surface area contributed by atoms with Crippen LogP contribution in [-0.4, -0.2) is 53.7 Å². The van der Waals surface area contributed by atoms with Gasteiger partial charge in [-0.3, -0.25) is 4.79 Å². The molecule has 0 fully saturated rings. The van der Waals surface area contributed by atoms with E-state index < -0.39 is 18.1 Å². The molecule has 1 atom stereocenters. The van der Waals surface area contributed by atoms with Crippen LogP contribution in [0.3, 0.4) is 0 Å². The third-order valence-electron chi connectivity index (χ3n) is 6.92. The standard InChI is InChI=1S/C28H36N2O5/c1-5-30(19(2)26(32)33)25(31)14-15-28(3,4)16-17-29-27(34)35-18-24-22-12-8-6-10-20(22)21-11-7-9-13-23(21)24/h6-13,19,24H,5,14-18H2,1-4H3,(H,29,34)(H,32,33). The second-order valence-corrected chi connectivity index (χ2v) is 9.86. The number of carbonyl (C=O) groups is 3. The Morgan fingerprint density at radius 2 is 1.60 bits per heavy atom. The maximum Gasteiger partial charge on any atom is 0.407 e. The van der Waals surface area contributed by atoms with Gasteiger partial charge in [-0.05, 0) is 54.4 Å². The summed E-state index contributed by atoms with van der Waals surface area (Å²) in [5, 5.41) is 12.0. The molecule has 1 aliphatic carbocycles. The first-order valence-electron chi connectivity index (χ1n) is 12.3. The molecule has 188 valence electrons. The summed E-state index contributed by atoms with van der Waals surface area (Å²) in [6.07, 6.45) is 1.08. The number of fused-ring (bicyclic) bond motifs is 3. The number of hydrogen-bond donors (Lipinski definition) is 2. The van der Waals surface area contributed by atoms with Crippen molar-refractivity contribution >= 4 is 18.0 Å². The summed E-state index contributed by atoms with van der Waals surface area (Å²) in [4.78, 5) is 37.5. The van der Waals surface area contributed by atoms with Crippen LogP contribution in [-0.2, 0) is 14.3 Å². The van der Waals surface area contributed by atoms with E-state index >= 15 is 0 Å². The van der Waals surface area contributed by atoms with Gasteiger partial charge in [-0.2, -0.15) is 0 Å². The molecule has 2 aromatic rings. The molecule has 1 unspecified atom stereocenters. The Balaban J connectivity index is 1.45. The van der Waals surface area contributed by atoms with E-state index in [1.54, 1.807) is 6.92 Å². The van der Waals surface area contributed by atoms with E-state index in [2.05, 4.69) is 29.6 Å². The summed E-state index contributed by atoms with van der Waals surface area (Å²) in [6, 6.07) is 15.6. The molecule has 2 amide bonds. The van der Waals surface area contributed by atoms with Gasteiger partial charge in [-0.1, -0.05) is 62.4 Å². The Labute approximate surface area is 207 Å². The number of nitrogens with one attached hydrogen (secondary N) is 1. The van der Waals surface area contributed by atoms with E-state index in [-0.39, 0.29) is 30.3 Å². The zero-order valence-electron chi connectivity index (χ0n) is 21.0. The topological polar surface area (TPSA) is 95.9 Å². The van der Waals surface area contributed by atoms with Gasteiger partial charge < -0.3 is 20.1 Å². The lowest BCUT2D eigenvalue weighted by atomic mass is 9.84. The van der Waals surface area contributed by atoms with Crippen LogP contribution in [0.4, 0.5) is 4.79 Å². The number of carboxylic acid groups (broad SMARTS) is 1. The van der Waals surface area contributed by atoms with Crippen molar-refractivity contribution in [3.05, 3.63) is 59.7 Å². The number of aliphatic carboxylic acids is 1. The fraction of sp³-hybridized carbons (Fsp3) is 0.464. The van der Waals surface area contributed by atoms with Crippen molar-refractivity contribution in [2.24, 2.45) is 5.41 Å². The normalized spacial score (nSPS) is 13.5. The van der Waals surface area contributed by atoms with Gasteiger partial charge in [0.05, 0.1) is 0 Å². The minimum atomic E-state index is -1.01. The fourth-order valence-electron chi connectivity index (χ4n) is 4.67. The highest BCUT2D eigenvalue weighted by Gasteiger charge is 2.29. The molecule has 2 aromatic carbocycles. The number of benzene rings is 2. The SMILES string of the molecule is CCN(C(=O)CCC(C)(C)CCNC(=O)OCC1c2ccccc2-c2ccccc21)C(C)C(=O)O. The highest BCUT2D eigenvalue weighted by molar-refractivity contribution is 5.83. The van der Waals surface area contributed by atoms with Crippen LogP contribution in [0.2, 0.25) is 0 Å². The highest BCUT2D eigenvalue weighted by Crippen LogP contribution is 2.44. The van der Waals surface area contributed by atoms with Gasteiger partial charge >= 0.3 is 12.1 Å². The van der Waals surface area contributed by atoms with Crippen LogP contribution in [0.1, 0.15) is 64.0 Å². The predicted octanol–water partition coefficient (Wildman–Crippen LogP) is 5.04. The summed E-state index contributed by atoms with van der Waals surface area (Å²) in [5.74, 6) is -1.16. The molecule has 0 bridgehead atoms. The van der Waals surface area contributed by atoms with Crippen LogP contribution in [0, 0.1) is 5.41 Å². The summed E-state index contributed by atoms with van der Waals surface area (Å²) in [7, 11) is 0. The molecule has 0 aliphatic heterocycles. The summed E-state index contributed by atoms with van der Waals surface area (Å²) < 4.78 is 5.58. The van der Waals surface area contributed by atoms with Crippen LogP contribution >= 0.6 is 0 Å². The molecule has 7 nitrogen and oxygen atoms in total. The van der Waals surface area contributed by atoms with Crippen LogP contribution in [0.15, 0.2) is 48.5 Å². The molecule has 0 heterocycles. The van der Waals surface area contributed by atoms with E-state index in [4.69, 9.17) is 4.74 Å². The number of carboxylic acids is 1. The Bertz CT molecular complexity index is 1020. The monoisotopic (exact) mass is 480 g/mol. The van der Waals surface area contributed by atoms with Crippen molar-refractivity contribution in [3.8, 4) is 11.1 Å². The average molecular weight is 481 g/mol. The van der Waals surface area contributed by atoms with Crippen LogP contribution < -0.4 is 5.32 Å². The number of likely N-dealkylation sites (N-methyl/N-ethyl adjacent to an activating group) is 1. The van der Waals surface area contributed by atoms with Crippen LogP contribution in [0.25, 0.3) is 11.1 Å². The molecule has 0 saturated carbocycles. The van der Waals surface area contributed by atoms with E-state index in [1.807, 2.05) is 38.1 Å². The minimum Gasteiger partial charge on any atom is -0.480 e. The summed E-state index contributed by atoms with van der Waals surface area (Å²) >= 11 is 0. The molecule has 35 heavy (non-hydrogen) atoms. The van der Waals surface area contributed by atoms with E-state index in [9.17, 15) is 19.5 Å². The van der Waals surface area contributed by atoms with E-state index in [1.165, 1.54) is 34.1 Å². The smallest absolute Gasteiger partial charge is 0.407 e. The van der Waals surface area contributed by atoms with Crippen molar-refractivity contribution in [1.29, 1.82) is 0 Å². The lowest BCUT2D eigenvalue weighted by Crippen LogP contribution is -2.43. The lowest BCUT2D eigenvalue weighted by Gasteiger charge is -2.28. The van der Waals surface area contributed by atoms with Crippen LogP contribution in [0.5, 0.6) is 0 Å². The first-order valence-corrected chi connectivity index (χ1v) is 12.3. The maximum absolute atomic E-state index is 12.5. The van der Waals surface area contributed by atoms with Gasteiger partial charge in [-0.15, -0.1) is 0 Å². The zero-order chi connectivity index (χ0) is 25.6. The number of rotatable bonds is 11. The van der Waals surface area contributed by atoms with E-state index in [0.29, 0.717) is 25.9 Å². The number of amides is 2. The quantitative estimate of drug-likeness (QED) is 0.470. The molecule has 7 heteroatoms. The van der Waals surface area contributed by atoms with Gasteiger partial charge in [0, 0.05) is 25.4 Å². The second kappa shape index (κ2) is 11.4. The largest absolute Gasteiger partial charge is 0.480 e. The van der Waals surface area contributed by atoms with Gasteiger partial charge in [-0.25, -0.2) is 9.59 Å². The molecule has 2 N–H and O–H groups in total. The molecular formula is C28H36N2O5. The van der Waals surface area contributed by atoms with Gasteiger partial charge in [0.1, 0.15) is 12.6 Å². The molecule has 0 aromatic heterocycles. The Morgan fingerprint density at radius 1 is 1.03 bits per heavy atom. The van der Waals surface area contributed by atoms with E-state index in [0.717, 1.165) is 0 Å². The zero-order valence-corrected chi connectivity index (χ0v) is 21.0. The Kier molecular flexibility index (Phi) is 8.54. The van der Waals surface area contributed by atoms with Gasteiger partial charge in [0.25, 0.3) is 0 Å². The van der Waals surface area contributed by atoms with Crippen molar-refractivity contribution in [3.63, 3.8) is 0 Å². The second-order valence-electron chi connectivity index (χ2n) is 9.86. The summed E-state index contributed by atoms with van der Waals surface area (Å²) in [6.45, 7) is 8.43. The molecular weight excluding hydrogens is 444 g/mol. The van der Waals surface area contributed by atoms with Crippen molar-refractivity contribution in [2.75, 3.05) is 19.7 Å². The predicted molar refractivity (Wildman–Crippen MR) is 135 cm³/mol. The minimum absolute atomic E-state index is 0.0188. The van der Waals surface area contributed by atoms with Crippen molar-refractivity contribution < 1.29 is 24.2 Å². The van der Waals surface area contributed by atoms with Gasteiger partial charge in [0.2, 0.25) is 5.91 Å². The fourth-order valence-corrected chi connectivity index (χ4v) is 4.67. The molecule has 3 rings (SSSR count). The van der Waals surface area contributed by atoms with Crippen molar-refractivity contribution in [1.82, 2.24) is 10.2 Å². The molecule has 0 saturated heterocycles. The van der Waals surface area contributed by atoms with Gasteiger partial charge in [0.15, 0.2) is 0 Å². The molecule has 1 aliphatic rings. The summed E-state index contributed by atoms with van der Waals surface area (Å²) in [5.41, 5.74) is 4.52. The molecule has 0 spiro atoms. The lowest BCUT2D eigenvalue weighted by molar-refractivity contribution is -0.149. The number of carbonyl (C=O) groups excluding carboxylic acids is 2. The Hall–Kier alpha value is -3.35. The first kappa shape index (κ1) is 26.3. The maximum atomic E-state index is 12.5. The number of alkyl carbamates (subject to hydrolysis) is 1. The number of ether oxygens (including phenoxy) is 1. The molecule has 0 radical (unpaired) electrons. The third kappa shape index (κ3) is 6.41. The third-order valence-corrected chi connectivity index (χ3v) is 6.92. The Morgan fingerprint density at radius 3 is 2.14 bits per heavy atom. The average Bonchev–Trinajstić information content (AvgIpc) is 3.15.